The Morgan fingerprint density at radius 3 is 2.19 bits per heavy atom. The Bertz CT molecular complexity index is 2470. The van der Waals surface area contributed by atoms with E-state index in [2.05, 4.69) is 46.3 Å². The fourth-order valence-corrected chi connectivity index (χ4v) is 8.24. The predicted octanol–water partition coefficient (Wildman–Crippen LogP) is 3.50. The van der Waals surface area contributed by atoms with Gasteiger partial charge in [0.15, 0.2) is 11.5 Å². The zero-order valence-electron chi connectivity index (χ0n) is 38.5. The van der Waals surface area contributed by atoms with Gasteiger partial charge >= 0.3 is 6.09 Å². The number of carbonyl (C=O) groups is 6. The number of nitrogens with one attached hydrogen (secondary N) is 5. The Morgan fingerprint density at radius 2 is 1.49 bits per heavy atom. The van der Waals surface area contributed by atoms with Gasteiger partial charge in [-0.3, -0.25) is 34.2 Å². The molecule has 364 valence electrons. The second-order valence-electron chi connectivity index (χ2n) is 17.4. The van der Waals surface area contributed by atoms with E-state index in [4.69, 9.17) is 29.4 Å². The van der Waals surface area contributed by atoms with Crippen LogP contribution in [0.1, 0.15) is 90.5 Å². The van der Waals surface area contributed by atoms with Crippen molar-refractivity contribution in [3.05, 3.63) is 65.5 Å². The molecule has 2 aromatic heterocycles. The number of rotatable bonds is 23. The van der Waals surface area contributed by atoms with Gasteiger partial charge < -0.3 is 55.3 Å². The molecule has 0 spiro atoms. The van der Waals surface area contributed by atoms with Crippen LogP contribution in [0.3, 0.4) is 0 Å². The van der Waals surface area contributed by atoms with Crippen LogP contribution in [0, 0.1) is 0 Å². The summed E-state index contributed by atoms with van der Waals surface area (Å²) in [7, 11) is 0. The Labute approximate surface area is 392 Å². The van der Waals surface area contributed by atoms with Gasteiger partial charge in [0.2, 0.25) is 17.8 Å². The number of aromatic nitrogens is 4. The molecule has 2 aromatic carbocycles. The van der Waals surface area contributed by atoms with Gasteiger partial charge in [0.25, 0.3) is 17.7 Å². The molecule has 7 N–H and O–H groups in total. The molecule has 4 aromatic rings. The minimum Gasteiger partial charge on any atom is -0.444 e. The third kappa shape index (κ3) is 12.6. The summed E-state index contributed by atoms with van der Waals surface area (Å²) in [5.41, 5.74) is 7.41. The summed E-state index contributed by atoms with van der Waals surface area (Å²) in [4.78, 5) is 80.7. The maximum absolute atomic E-state index is 13.3. The fourth-order valence-electron chi connectivity index (χ4n) is 8.24. The molecule has 1 saturated heterocycles. The smallest absolute Gasteiger partial charge is 0.407 e. The van der Waals surface area contributed by atoms with Gasteiger partial charge in [-0.2, -0.15) is 4.98 Å². The van der Waals surface area contributed by atoms with Crippen LogP contribution in [-0.2, 0) is 39.8 Å². The standard InChI is InChI=1S/C46H59N11O11/c1-46(2,3)68-45(63)51-32-10-5-4-9-31(32)50-44-53-40(38(39(47)59)54-55-44)49-30-11-7-13-34-28(30)16-18-56(34)19-21-65-23-25-67-27-26-66-24-22-64-20-17-48-33-12-6-8-29-37(33)43(62)57(42(29)61)35-14-15-36(58)52-41(35)60/h6-8,11-13,16,18,31-32,35,48H,4-5,9-10,14-15,17,19-27H2,1-3H3,(H2,47,59)(H,51,63)(H,52,58,60)(H2,49,50,53,55)/t31-,32+,35?/m1/s1. The van der Waals surface area contributed by atoms with Crippen molar-refractivity contribution >= 4 is 69.7 Å². The van der Waals surface area contributed by atoms with Crippen molar-refractivity contribution in [1.82, 2.24) is 35.3 Å². The van der Waals surface area contributed by atoms with E-state index in [9.17, 15) is 28.8 Å². The fraction of sp³-hybridized carbons (Fsp3) is 0.500. The molecule has 3 aliphatic rings. The van der Waals surface area contributed by atoms with Gasteiger partial charge in [0.1, 0.15) is 11.6 Å². The number of imide groups is 2. The van der Waals surface area contributed by atoms with E-state index >= 15 is 0 Å². The van der Waals surface area contributed by atoms with Gasteiger partial charge in [-0.25, -0.2) is 4.79 Å². The third-order valence-corrected chi connectivity index (χ3v) is 11.4. The number of carbonyl (C=O) groups excluding carboxylic acids is 6. The van der Waals surface area contributed by atoms with E-state index in [1.54, 1.807) is 18.2 Å². The zero-order chi connectivity index (χ0) is 48.2. The Balaban J connectivity index is 0.774. The highest BCUT2D eigenvalue weighted by Crippen LogP contribution is 2.33. The maximum Gasteiger partial charge on any atom is 0.407 e. The molecule has 2 fully saturated rings. The summed E-state index contributed by atoms with van der Waals surface area (Å²) >= 11 is 0. The maximum atomic E-state index is 13.3. The van der Waals surface area contributed by atoms with Crippen molar-refractivity contribution in [2.45, 2.75) is 89.6 Å². The molecule has 1 aliphatic carbocycles. The van der Waals surface area contributed by atoms with E-state index in [-0.39, 0.29) is 53.5 Å². The number of alkyl carbamates (subject to hydrolysis) is 1. The van der Waals surface area contributed by atoms with Gasteiger partial charge in [-0.15, -0.1) is 10.2 Å². The van der Waals surface area contributed by atoms with Crippen LogP contribution in [0.25, 0.3) is 10.9 Å². The van der Waals surface area contributed by atoms with Gasteiger partial charge in [0, 0.05) is 48.5 Å². The molecule has 6 amide bonds. The number of anilines is 4. The van der Waals surface area contributed by atoms with Crippen molar-refractivity contribution < 1.29 is 52.5 Å². The van der Waals surface area contributed by atoms with Crippen molar-refractivity contribution in [3.8, 4) is 0 Å². The number of hydrogen-bond acceptors (Lipinski definition) is 17. The summed E-state index contributed by atoms with van der Waals surface area (Å²) in [5.74, 6) is -2.67. The SMILES string of the molecule is CC(C)(C)OC(=O)N[C@H]1CCCC[C@H]1Nc1nnc(C(N)=O)c(Nc2cccc3c2ccn3CCOCCOCCOCCOCCNc2cccc3c2C(=O)N(C2CCC(=O)NC2=O)C3=O)n1. The third-order valence-electron chi connectivity index (χ3n) is 11.4. The second-order valence-corrected chi connectivity index (χ2v) is 17.4. The van der Waals surface area contributed by atoms with Crippen LogP contribution in [0.5, 0.6) is 0 Å². The molecule has 1 saturated carbocycles. The molecule has 7 rings (SSSR count). The lowest BCUT2D eigenvalue weighted by Gasteiger charge is -2.33. The molecular weight excluding hydrogens is 883 g/mol. The van der Waals surface area contributed by atoms with E-state index in [1.165, 1.54) is 0 Å². The summed E-state index contributed by atoms with van der Waals surface area (Å²) in [6.07, 6.45) is 5.02. The number of piperidine rings is 1. The number of fused-ring (bicyclic) bond motifs is 2. The monoisotopic (exact) mass is 941 g/mol. The Kier molecular flexibility index (Phi) is 16.5. The molecular formula is C46H59N11O11. The highest BCUT2D eigenvalue weighted by atomic mass is 16.6. The second kappa shape index (κ2) is 22.8. The number of hydrogen-bond donors (Lipinski definition) is 6. The highest BCUT2D eigenvalue weighted by Gasteiger charge is 2.45. The molecule has 3 atom stereocenters. The lowest BCUT2D eigenvalue weighted by Crippen LogP contribution is -2.54. The number of amides is 6. The largest absolute Gasteiger partial charge is 0.444 e. The van der Waals surface area contributed by atoms with Crippen LogP contribution in [0.15, 0.2) is 48.7 Å². The summed E-state index contributed by atoms with van der Waals surface area (Å²) in [5, 5.41) is 24.0. The van der Waals surface area contributed by atoms with Crippen LogP contribution >= 0.6 is 0 Å². The minimum absolute atomic E-state index is 0.0518. The highest BCUT2D eigenvalue weighted by molar-refractivity contribution is 6.25. The average Bonchev–Trinajstić information content (AvgIpc) is 3.82. The molecule has 22 nitrogen and oxygen atoms in total. The molecule has 68 heavy (non-hydrogen) atoms. The molecule has 0 radical (unpaired) electrons. The summed E-state index contributed by atoms with van der Waals surface area (Å²) in [6.45, 7) is 9.38. The Hall–Kier alpha value is -6.75. The lowest BCUT2D eigenvalue weighted by molar-refractivity contribution is -0.136. The number of primary amides is 1. The van der Waals surface area contributed by atoms with Gasteiger partial charge in [-0.1, -0.05) is 25.0 Å². The minimum atomic E-state index is -1.03. The van der Waals surface area contributed by atoms with Crippen LogP contribution in [0.4, 0.5) is 27.9 Å². The van der Waals surface area contributed by atoms with E-state index < -0.39 is 47.3 Å². The number of nitrogens with two attached hydrogens (primary N) is 1. The van der Waals surface area contributed by atoms with Crippen molar-refractivity contribution in [3.63, 3.8) is 0 Å². The number of ether oxygens (including phenoxy) is 5. The summed E-state index contributed by atoms with van der Waals surface area (Å²) < 4.78 is 30.3. The molecule has 2 aliphatic heterocycles. The zero-order valence-corrected chi connectivity index (χ0v) is 38.5. The van der Waals surface area contributed by atoms with Gasteiger partial charge in [-0.05, 0) is 70.4 Å². The number of benzene rings is 2. The first-order valence-corrected chi connectivity index (χ1v) is 22.8. The first kappa shape index (κ1) is 49.2. The van der Waals surface area contributed by atoms with E-state index in [0.717, 1.165) is 41.5 Å². The topological polar surface area (TPSA) is 282 Å². The Morgan fingerprint density at radius 1 is 0.809 bits per heavy atom. The molecule has 1 unspecified atom stereocenters. The summed E-state index contributed by atoms with van der Waals surface area (Å²) in [6, 6.07) is 11.2. The first-order chi connectivity index (χ1) is 32.8. The first-order valence-electron chi connectivity index (χ1n) is 22.8. The average molecular weight is 942 g/mol. The van der Waals surface area contributed by atoms with Crippen molar-refractivity contribution in [2.75, 3.05) is 75.4 Å². The van der Waals surface area contributed by atoms with Crippen molar-refractivity contribution in [2.24, 2.45) is 5.73 Å². The van der Waals surface area contributed by atoms with Crippen LogP contribution < -0.4 is 32.3 Å². The van der Waals surface area contributed by atoms with Gasteiger partial charge in [0.05, 0.1) is 75.5 Å². The van der Waals surface area contributed by atoms with E-state index in [1.807, 2.05) is 51.2 Å². The number of nitrogens with zero attached hydrogens (tertiary/aromatic N) is 5. The van der Waals surface area contributed by atoms with E-state index in [0.29, 0.717) is 77.3 Å². The lowest BCUT2D eigenvalue weighted by atomic mass is 9.90. The predicted molar refractivity (Wildman–Crippen MR) is 247 cm³/mol. The van der Waals surface area contributed by atoms with Crippen molar-refractivity contribution in [1.29, 1.82) is 0 Å². The quantitative estimate of drug-likeness (QED) is 0.0458. The molecule has 0 bridgehead atoms. The normalized spacial score (nSPS) is 18.3. The molecule has 22 heteroatoms. The molecule has 4 heterocycles. The van der Waals surface area contributed by atoms with Crippen LogP contribution in [-0.4, -0.2) is 143 Å². The van der Waals surface area contributed by atoms with Crippen LogP contribution in [0.2, 0.25) is 0 Å².